The van der Waals surface area contributed by atoms with E-state index in [0.29, 0.717) is 35.9 Å². The molecular formula is C14H16N2O4. The fourth-order valence-corrected chi connectivity index (χ4v) is 2.35. The molecule has 2 heterocycles. The minimum absolute atomic E-state index is 0.193. The van der Waals surface area contributed by atoms with Gasteiger partial charge in [0.25, 0.3) is 6.01 Å². The van der Waals surface area contributed by atoms with Gasteiger partial charge in [-0.3, -0.25) is 0 Å². The molecule has 3 rings (SSSR count). The normalized spacial score (nSPS) is 19.3. The van der Waals surface area contributed by atoms with Crippen molar-refractivity contribution in [1.82, 2.24) is 4.98 Å². The lowest BCUT2D eigenvalue weighted by atomic mass is 10.2. The molecule has 0 N–H and O–H groups in total. The summed E-state index contributed by atoms with van der Waals surface area (Å²) in [5, 5.41) is 0. The van der Waals surface area contributed by atoms with Crippen molar-refractivity contribution >= 4 is 23.1 Å². The Bertz CT molecular complexity index is 637. The first-order chi connectivity index (χ1) is 9.70. The molecule has 0 aliphatic carbocycles. The summed E-state index contributed by atoms with van der Waals surface area (Å²) in [5.41, 5.74) is 1.54. The Morgan fingerprint density at radius 3 is 3.10 bits per heavy atom. The van der Waals surface area contributed by atoms with Gasteiger partial charge < -0.3 is 18.8 Å². The van der Waals surface area contributed by atoms with Crippen molar-refractivity contribution in [1.29, 1.82) is 0 Å². The third kappa shape index (κ3) is 2.12. The lowest BCUT2D eigenvalue weighted by Gasteiger charge is -2.31. The molecule has 1 aromatic heterocycles. The highest BCUT2D eigenvalue weighted by Crippen LogP contribution is 2.27. The number of carbonyl (C=O) groups is 1. The average Bonchev–Trinajstić information content (AvgIpc) is 2.90. The number of methoxy groups -OCH3 is 1. The van der Waals surface area contributed by atoms with Crippen LogP contribution in [-0.2, 0) is 9.47 Å². The molecule has 1 aliphatic rings. The van der Waals surface area contributed by atoms with Gasteiger partial charge in [-0.1, -0.05) is 6.07 Å². The summed E-state index contributed by atoms with van der Waals surface area (Å²) in [5.74, 6) is -0.412. The maximum atomic E-state index is 11.7. The predicted molar refractivity (Wildman–Crippen MR) is 73.0 cm³/mol. The highest BCUT2D eigenvalue weighted by molar-refractivity contribution is 6.01. The van der Waals surface area contributed by atoms with Gasteiger partial charge in [0.05, 0.1) is 31.9 Å². The first-order valence-electron chi connectivity index (χ1n) is 6.53. The number of ether oxygens (including phenoxy) is 2. The van der Waals surface area contributed by atoms with E-state index in [2.05, 4.69) is 11.9 Å². The number of anilines is 1. The van der Waals surface area contributed by atoms with Gasteiger partial charge in [0.2, 0.25) is 0 Å². The molecule has 1 fully saturated rings. The quantitative estimate of drug-likeness (QED) is 0.780. The molecule has 0 unspecified atom stereocenters. The van der Waals surface area contributed by atoms with Gasteiger partial charge in [0.15, 0.2) is 5.58 Å². The number of morpholine rings is 1. The van der Waals surface area contributed by atoms with E-state index in [1.54, 1.807) is 18.2 Å². The Labute approximate surface area is 116 Å². The molecule has 0 saturated carbocycles. The molecule has 20 heavy (non-hydrogen) atoms. The fourth-order valence-electron chi connectivity index (χ4n) is 2.35. The summed E-state index contributed by atoms with van der Waals surface area (Å²) in [7, 11) is 1.35. The van der Waals surface area contributed by atoms with E-state index in [4.69, 9.17) is 13.9 Å². The van der Waals surface area contributed by atoms with Crippen molar-refractivity contribution in [2.24, 2.45) is 0 Å². The van der Waals surface area contributed by atoms with Crippen LogP contribution in [0.25, 0.3) is 11.1 Å². The molecule has 0 amide bonds. The Kier molecular flexibility index (Phi) is 3.31. The van der Waals surface area contributed by atoms with Gasteiger partial charge in [0.1, 0.15) is 5.52 Å². The van der Waals surface area contributed by atoms with Gasteiger partial charge in [0, 0.05) is 6.54 Å². The van der Waals surface area contributed by atoms with Gasteiger partial charge in [-0.2, -0.15) is 4.98 Å². The molecule has 6 nitrogen and oxygen atoms in total. The summed E-state index contributed by atoms with van der Waals surface area (Å²) in [6, 6.07) is 5.95. The van der Waals surface area contributed by atoms with Crippen molar-refractivity contribution in [2.75, 3.05) is 31.8 Å². The highest BCUT2D eigenvalue weighted by Gasteiger charge is 2.25. The van der Waals surface area contributed by atoms with Crippen molar-refractivity contribution in [3.05, 3.63) is 23.8 Å². The van der Waals surface area contributed by atoms with E-state index < -0.39 is 5.97 Å². The van der Waals surface area contributed by atoms with E-state index >= 15 is 0 Å². The van der Waals surface area contributed by atoms with Crippen LogP contribution in [0.1, 0.15) is 17.3 Å². The summed E-state index contributed by atoms with van der Waals surface area (Å²) in [4.78, 5) is 18.2. The van der Waals surface area contributed by atoms with Gasteiger partial charge in [-0.15, -0.1) is 0 Å². The van der Waals surface area contributed by atoms with E-state index in [1.165, 1.54) is 7.11 Å². The maximum absolute atomic E-state index is 11.7. The van der Waals surface area contributed by atoms with Gasteiger partial charge in [-0.25, -0.2) is 4.79 Å². The number of fused-ring (bicyclic) bond motifs is 1. The fraction of sp³-hybridized carbons (Fsp3) is 0.429. The SMILES string of the molecule is COC(=O)c1cccc2oc(N3CCOC[C@@H]3C)nc12. The largest absolute Gasteiger partial charge is 0.465 e. The summed E-state index contributed by atoms with van der Waals surface area (Å²) in [6.45, 7) is 4.06. The number of hydrogen-bond donors (Lipinski definition) is 0. The number of oxazole rings is 1. The number of para-hydroxylation sites is 1. The Morgan fingerprint density at radius 1 is 1.50 bits per heavy atom. The lowest BCUT2D eigenvalue weighted by Crippen LogP contribution is -2.43. The summed E-state index contributed by atoms with van der Waals surface area (Å²) >= 11 is 0. The topological polar surface area (TPSA) is 64.8 Å². The minimum Gasteiger partial charge on any atom is -0.465 e. The molecule has 0 radical (unpaired) electrons. The molecule has 0 spiro atoms. The van der Waals surface area contributed by atoms with Crippen LogP contribution < -0.4 is 4.90 Å². The average molecular weight is 276 g/mol. The second-order valence-corrected chi connectivity index (χ2v) is 4.76. The Morgan fingerprint density at radius 2 is 2.35 bits per heavy atom. The van der Waals surface area contributed by atoms with Crippen molar-refractivity contribution in [2.45, 2.75) is 13.0 Å². The van der Waals surface area contributed by atoms with E-state index in [1.807, 2.05) is 4.90 Å². The van der Waals surface area contributed by atoms with Crippen LogP contribution in [0.15, 0.2) is 22.6 Å². The number of hydrogen-bond acceptors (Lipinski definition) is 6. The number of aromatic nitrogens is 1. The zero-order valence-electron chi connectivity index (χ0n) is 11.5. The highest BCUT2D eigenvalue weighted by atomic mass is 16.5. The van der Waals surface area contributed by atoms with E-state index in [-0.39, 0.29) is 6.04 Å². The summed E-state index contributed by atoms with van der Waals surface area (Å²) < 4.78 is 15.9. The van der Waals surface area contributed by atoms with Crippen molar-refractivity contribution < 1.29 is 18.7 Å². The molecule has 1 atom stereocenters. The maximum Gasteiger partial charge on any atom is 0.340 e. The zero-order chi connectivity index (χ0) is 14.1. The zero-order valence-corrected chi connectivity index (χ0v) is 11.5. The molecule has 106 valence electrons. The molecule has 0 bridgehead atoms. The minimum atomic E-state index is -0.412. The number of esters is 1. The van der Waals surface area contributed by atoms with E-state index in [0.717, 1.165) is 6.54 Å². The monoisotopic (exact) mass is 276 g/mol. The molecule has 1 aliphatic heterocycles. The van der Waals surface area contributed by atoms with Gasteiger partial charge >= 0.3 is 5.97 Å². The molecule has 6 heteroatoms. The van der Waals surface area contributed by atoms with Crippen LogP contribution in [0.4, 0.5) is 6.01 Å². The number of carbonyl (C=O) groups excluding carboxylic acids is 1. The van der Waals surface area contributed by atoms with Crippen LogP contribution in [0.3, 0.4) is 0 Å². The molecule has 1 aromatic carbocycles. The van der Waals surface area contributed by atoms with Crippen LogP contribution >= 0.6 is 0 Å². The first-order valence-corrected chi connectivity index (χ1v) is 6.53. The standard InChI is InChI=1S/C14H16N2O4/c1-9-8-19-7-6-16(9)14-15-12-10(13(17)18-2)4-3-5-11(12)20-14/h3-5,9H,6-8H2,1-2H3/t9-/m0/s1. The van der Waals surface area contributed by atoms with Crippen molar-refractivity contribution in [3.63, 3.8) is 0 Å². The van der Waals surface area contributed by atoms with E-state index in [9.17, 15) is 4.79 Å². The van der Waals surface area contributed by atoms with Crippen LogP contribution in [0.5, 0.6) is 0 Å². The third-order valence-electron chi connectivity index (χ3n) is 3.43. The molecular weight excluding hydrogens is 260 g/mol. The third-order valence-corrected chi connectivity index (χ3v) is 3.43. The number of benzene rings is 1. The summed E-state index contributed by atoms with van der Waals surface area (Å²) in [6.07, 6.45) is 0. The Hall–Kier alpha value is -2.08. The molecule has 1 saturated heterocycles. The van der Waals surface area contributed by atoms with Crippen LogP contribution in [-0.4, -0.2) is 43.9 Å². The second kappa shape index (κ2) is 5.13. The second-order valence-electron chi connectivity index (χ2n) is 4.76. The van der Waals surface area contributed by atoms with Gasteiger partial charge in [-0.05, 0) is 19.1 Å². The Balaban J connectivity index is 2.04. The van der Waals surface area contributed by atoms with Crippen LogP contribution in [0, 0.1) is 0 Å². The lowest BCUT2D eigenvalue weighted by molar-refractivity contribution is 0.0602. The van der Waals surface area contributed by atoms with Crippen molar-refractivity contribution in [3.8, 4) is 0 Å². The first kappa shape index (κ1) is 12.9. The molecule has 2 aromatic rings. The van der Waals surface area contributed by atoms with Crippen LogP contribution in [0.2, 0.25) is 0 Å². The predicted octanol–water partition coefficient (Wildman–Crippen LogP) is 1.84. The smallest absolute Gasteiger partial charge is 0.340 e. The number of rotatable bonds is 2. The number of nitrogens with zero attached hydrogens (tertiary/aromatic N) is 2.